The van der Waals surface area contributed by atoms with E-state index >= 15 is 0 Å². The average molecular weight is 251 g/mol. The SMILES string of the molecule is Cc1nn(C)cc1NC(=O)[C@@H]1CC[C@H](C(=O)O)C1. The molecule has 18 heavy (non-hydrogen) atoms. The lowest BCUT2D eigenvalue weighted by molar-refractivity contribution is -0.141. The van der Waals surface area contributed by atoms with Crippen LogP contribution in [-0.2, 0) is 16.6 Å². The first-order valence-corrected chi connectivity index (χ1v) is 6.01. The van der Waals surface area contributed by atoms with E-state index in [1.54, 1.807) is 17.9 Å². The third kappa shape index (κ3) is 2.52. The van der Waals surface area contributed by atoms with Gasteiger partial charge in [-0.25, -0.2) is 0 Å². The molecule has 1 amide bonds. The molecule has 6 heteroatoms. The lowest BCUT2D eigenvalue weighted by atomic mass is 10.0. The zero-order valence-corrected chi connectivity index (χ0v) is 10.5. The molecule has 0 saturated heterocycles. The molecular formula is C12H17N3O3. The van der Waals surface area contributed by atoms with Crippen molar-refractivity contribution >= 4 is 17.6 Å². The first-order chi connectivity index (χ1) is 8.47. The Labute approximate surface area is 105 Å². The molecular weight excluding hydrogens is 234 g/mol. The number of nitrogens with one attached hydrogen (secondary N) is 1. The molecule has 0 bridgehead atoms. The van der Waals surface area contributed by atoms with Crippen LogP contribution in [0.5, 0.6) is 0 Å². The zero-order valence-electron chi connectivity index (χ0n) is 10.5. The Morgan fingerprint density at radius 1 is 1.44 bits per heavy atom. The van der Waals surface area contributed by atoms with E-state index < -0.39 is 5.97 Å². The standard InChI is InChI=1S/C12H17N3O3/c1-7-10(6-15(2)14-7)13-11(16)8-3-4-9(5-8)12(17)18/h6,8-9H,3-5H2,1-2H3,(H,13,16)(H,17,18)/t8-,9+/m1/s1. The van der Waals surface area contributed by atoms with Crippen molar-refractivity contribution in [2.45, 2.75) is 26.2 Å². The summed E-state index contributed by atoms with van der Waals surface area (Å²) in [6.07, 6.45) is 3.40. The van der Waals surface area contributed by atoms with Crippen molar-refractivity contribution in [3.05, 3.63) is 11.9 Å². The van der Waals surface area contributed by atoms with Gasteiger partial charge in [-0.2, -0.15) is 5.10 Å². The number of aryl methyl sites for hydroxylation is 2. The van der Waals surface area contributed by atoms with Gasteiger partial charge in [0.2, 0.25) is 5.91 Å². The van der Waals surface area contributed by atoms with Gasteiger partial charge < -0.3 is 10.4 Å². The highest BCUT2D eigenvalue weighted by molar-refractivity contribution is 5.93. The first kappa shape index (κ1) is 12.6. The number of aliphatic carboxylic acids is 1. The highest BCUT2D eigenvalue weighted by Crippen LogP contribution is 2.32. The van der Waals surface area contributed by atoms with Crippen molar-refractivity contribution in [1.29, 1.82) is 0 Å². The quantitative estimate of drug-likeness (QED) is 0.844. The number of carboxylic acids is 1. The Balaban J connectivity index is 1.97. The van der Waals surface area contributed by atoms with E-state index in [9.17, 15) is 9.59 Å². The number of amides is 1. The summed E-state index contributed by atoms with van der Waals surface area (Å²) < 4.78 is 1.64. The fourth-order valence-electron chi connectivity index (χ4n) is 2.40. The third-order valence-electron chi connectivity index (χ3n) is 3.42. The number of rotatable bonds is 3. The molecule has 1 aliphatic carbocycles. The molecule has 1 fully saturated rings. The molecule has 1 heterocycles. The molecule has 1 aliphatic rings. The van der Waals surface area contributed by atoms with Crippen LogP contribution in [0.15, 0.2) is 6.20 Å². The Hall–Kier alpha value is -1.85. The van der Waals surface area contributed by atoms with Crippen LogP contribution in [0, 0.1) is 18.8 Å². The summed E-state index contributed by atoms with van der Waals surface area (Å²) in [5, 5.41) is 15.9. The first-order valence-electron chi connectivity index (χ1n) is 6.01. The van der Waals surface area contributed by atoms with Gasteiger partial charge in [-0.1, -0.05) is 0 Å². The van der Waals surface area contributed by atoms with Gasteiger partial charge in [0, 0.05) is 19.2 Å². The number of nitrogens with zero attached hydrogens (tertiary/aromatic N) is 2. The van der Waals surface area contributed by atoms with E-state index in [1.165, 1.54) is 0 Å². The minimum Gasteiger partial charge on any atom is -0.481 e. The van der Waals surface area contributed by atoms with Gasteiger partial charge >= 0.3 is 5.97 Å². The summed E-state index contributed by atoms with van der Waals surface area (Å²) in [4.78, 5) is 22.8. The summed E-state index contributed by atoms with van der Waals surface area (Å²) >= 11 is 0. The predicted octanol–water partition coefficient (Wildman–Crippen LogP) is 1.17. The maximum atomic E-state index is 12.0. The van der Waals surface area contributed by atoms with Gasteiger partial charge in [0.05, 0.1) is 17.3 Å². The van der Waals surface area contributed by atoms with E-state index in [1.807, 2.05) is 6.92 Å². The Kier molecular flexibility index (Phi) is 3.36. The van der Waals surface area contributed by atoms with E-state index in [-0.39, 0.29) is 17.7 Å². The maximum absolute atomic E-state index is 12.0. The van der Waals surface area contributed by atoms with Crippen LogP contribution in [0.1, 0.15) is 25.0 Å². The Morgan fingerprint density at radius 2 is 2.11 bits per heavy atom. The van der Waals surface area contributed by atoms with Crippen molar-refractivity contribution in [2.75, 3.05) is 5.32 Å². The minimum absolute atomic E-state index is 0.102. The molecule has 0 unspecified atom stereocenters. The van der Waals surface area contributed by atoms with Crippen molar-refractivity contribution in [3.8, 4) is 0 Å². The van der Waals surface area contributed by atoms with Gasteiger partial charge in [0.25, 0.3) is 0 Å². The molecule has 0 radical (unpaired) electrons. The van der Waals surface area contributed by atoms with Crippen LogP contribution in [0.25, 0.3) is 0 Å². The second kappa shape index (κ2) is 4.80. The van der Waals surface area contributed by atoms with Gasteiger partial charge in [-0.05, 0) is 26.2 Å². The van der Waals surface area contributed by atoms with Crippen LogP contribution in [-0.4, -0.2) is 26.8 Å². The molecule has 1 aromatic rings. The number of carbonyl (C=O) groups is 2. The molecule has 0 aliphatic heterocycles. The molecule has 2 rings (SSSR count). The Morgan fingerprint density at radius 3 is 2.61 bits per heavy atom. The lowest BCUT2D eigenvalue weighted by Gasteiger charge is -2.09. The fraction of sp³-hybridized carbons (Fsp3) is 0.583. The Bertz CT molecular complexity index is 481. The smallest absolute Gasteiger partial charge is 0.306 e. The molecule has 98 valence electrons. The molecule has 0 spiro atoms. The molecule has 2 N–H and O–H groups in total. The average Bonchev–Trinajstić information content (AvgIpc) is 2.86. The number of aromatic nitrogens is 2. The van der Waals surface area contributed by atoms with Gasteiger partial charge in [0.15, 0.2) is 0 Å². The molecule has 1 aromatic heterocycles. The van der Waals surface area contributed by atoms with E-state index in [2.05, 4.69) is 10.4 Å². The number of hydrogen-bond acceptors (Lipinski definition) is 3. The molecule has 0 aromatic carbocycles. The molecule has 1 saturated carbocycles. The fourth-order valence-corrected chi connectivity index (χ4v) is 2.40. The maximum Gasteiger partial charge on any atom is 0.306 e. The van der Waals surface area contributed by atoms with Gasteiger partial charge in [-0.3, -0.25) is 14.3 Å². The largest absolute Gasteiger partial charge is 0.481 e. The van der Waals surface area contributed by atoms with Crippen molar-refractivity contribution < 1.29 is 14.7 Å². The summed E-state index contributed by atoms with van der Waals surface area (Å²) in [6.45, 7) is 1.82. The monoisotopic (exact) mass is 251 g/mol. The van der Waals surface area contributed by atoms with Crippen molar-refractivity contribution in [1.82, 2.24) is 9.78 Å². The van der Waals surface area contributed by atoms with Crippen LogP contribution < -0.4 is 5.32 Å². The highest BCUT2D eigenvalue weighted by Gasteiger charge is 2.34. The van der Waals surface area contributed by atoms with Crippen LogP contribution in [0.3, 0.4) is 0 Å². The normalized spacial score (nSPS) is 23.0. The van der Waals surface area contributed by atoms with Crippen molar-refractivity contribution in [2.24, 2.45) is 18.9 Å². The van der Waals surface area contributed by atoms with Crippen LogP contribution in [0.4, 0.5) is 5.69 Å². The van der Waals surface area contributed by atoms with E-state index in [4.69, 9.17) is 5.11 Å². The van der Waals surface area contributed by atoms with Gasteiger partial charge in [0.1, 0.15) is 0 Å². The number of carbonyl (C=O) groups excluding carboxylic acids is 1. The second-order valence-electron chi connectivity index (χ2n) is 4.84. The number of hydrogen-bond donors (Lipinski definition) is 2. The summed E-state index contributed by atoms with van der Waals surface area (Å²) in [5.74, 6) is -1.49. The zero-order chi connectivity index (χ0) is 13.3. The molecule has 6 nitrogen and oxygen atoms in total. The number of anilines is 1. The van der Waals surface area contributed by atoms with E-state index in [0.29, 0.717) is 24.9 Å². The van der Waals surface area contributed by atoms with E-state index in [0.717, 1.165) is 5.69 Å². The van der Waals surface area contributed by atoms with Crippen LogP contribution >= 0.6 is 0 Å². The topological polar surface area (TPSA) is 84.2 Å². The predicted molar refractivity (Wildman–Crippen MR) is 65.0 cm³/mol. The third-order valence-corrected chi connectivity index (χ3v) is 3.42. The van der Waals surface area contributed by atoms with Crippen LogP contribution in [0.2, 0.25) is 0 Å². The molecule has 2 atom stereocenters. The highest BCUT2D eigenvalue weighted by atomic mass is 16.4. The summed E-state index contributed by atoms with van der Waals surface area (Å²) in [5.41, 5.74) is 1.46. The van der Waals surface area contributed by atoms with Gasteiger partial charge in [-0.15, -0.1) is 0 Å². The minimum atomic E-state index is -0.803. The van der Waals surface area contributed by atoms with Crippen molar-refractivity contribution in [3.63, 3.8) is 0 Å². The lowest BCUT2D eigenvalue weighted by Crippen LogP contribution is -2.21. The second-order valence-corrected chi connectivity index (χ2v) is 4.84. The summed E-state index contributed by atoms with van der Waals surface area (Å²) in [6, 6.07) is 0. The number of carboxylic acid groups (broad SMARTS) is 1. The summed E-state index contributed by atoms with van der Waals surface area (Å²) in [7, 11) is 1.79.